The maximum Gasteiger partial charge on any atom is 0.264 e. The Morgan fingerprint density at radius 3 is 2.46 bits per heavy atom. The van der Waals surface area contributed by atoms with Crippen LogP contribution in [0, 0.1) is 13.8 Å². The number of nitrogens with zero attached hydrogens (tertiary/aromatic N) is 1. The zero-order valence-corrected chi connectivity index (χ0v) is 22.3. The Morgan fingerprint density at radius 2 is 1.77 bits per heavy atom. The SMILES string of the molecule is COc1ccc(Cl)cc1N(CC(=O)NCCSCc1cccc(C)c1)S(=O)(=O)c1ccc(C)cc1. The van der Waals surface area contributed by atoms with Gasteiger partial charge >= 0.3 is 0 Å². The van der Waals surface area contributed by atoms with Gasteiger partial charge in [0.2, 0.25) is 5.91 Å². The highest BCUT2D eigenvalue weighted by Crippen LogP contribution is 2.34. The Kier molecular flexibility index (Phi) is 9.48. The van der Waals surface area contributed by atoms with Crippen LogP contribution in [-0.4, -0.2) is 40.3 Å². The van der Waals surface area contributed by atoms with E-state index in [2.05, 4.69) is 30.4 Å². The number of anilines is 1. The van der Waals surface area contributed by atoms with E-state index in [4.69, 9.17) is 16.3 Å². The number of hydrogen-bond donors (Lipinski definition) is 1. The minimum Gasteiger partial charge on any atom is -0.495 e. The number of thioether (sulfide) groups is 1. The predicted octanol–water partition coefficient (Wildman–Crippen LogP) is 5.21. The fraction of sp³-hybridized carbons (Fsp3) is 0.269. The largest absolute Gasteiger partial charge is 0.495 e. The molecule has 0 radical (unpaired) electrons. The monoisotopic (exact) mass is 532 g/mol. The molecule has 0 aromatic heterocycles. The second-order valence-electron chi connectivity index (χ2n) is 8.03. The Labute approximate surface area is 216 Å². The maximum absolute atomic E-state index is 13.6. The van der Waals surface area contributed by atoms with Crippen molar-refractivity contribution in [3.8, 4) is 5.75 Å². The van der Waals surface area contributed by atoms with Crippen molar-refractivity contribution < 1.29 is 17.9 Å². The van der Waals surface area contributed by atoms with E-state index in [1.54, 1.807) is 36.0 Å². The first kappa shape index (κ1) is 26.9. The van der Waals surface area contributed by atoms with Gasteiger partial charge < -0.3 is 10.1 Å². The van der Waals surface area contributed by atoms with Crippen molar-refractivity contribution in [1.82, 2.24) is 5.32 Å². The number of halogens is 1. The summed E-state index contributed by atoms with van der Waals surface area (Å²) in [7, 11) is -2.62. The van der Waals surface area contributed by atoms with Crippen LogP contribution in [0.2, 0.25) is 5.02 Å². The molecule has 1 N–H and O–H groups in total. The first-order chi connectivity index (χ1) is 16.7. The molecule has 0 aliphatic heterocycles. The van der Waals surface area contributed by atoms with Crippen molar-refractivity contribution in [1.29, 1.82) is 0 Å². The van der Waals surface area contributed by atoms with Crippen molar-refractivity contribution in [2.24, 2.45) is 0 Å². The molecule has 0 aliphatic carbocycles. The van der Waals surface area contributed by atoms with Crippen LogP contribution in [-0.2, 0) is 20.6 Å². The first-order valence-electron chi connectivity index (χ1n) is 11.0. The van der Waals surface area contributed by atoms with Crippen molar-refractivity contribution in [3.05, 3.63) is 88.4 Å². The predicted molar refractivity (Wildman–Crippen MR) is 144 cm³/mol. The Hall–Kier alpha value is -2.68. The Balaban J connectivity index is 1.73. The number of ether oxygens (including phenoxy) is 1. The molecule has 0 aliphatic rings. The summed E-state index contributed by atoms with van der Waals surface area (Å²) in [6, 6.07) is 19.4. The normalized spacial score (nSPS) is 11.2. The molecular weight excluding hydrogens is 504 g/mol. The minimum absolute atomic E-state index is 0.0756. The molecule has 3 rings (SSSR count). The zero-order valence-electron chi connectivity index (χ0n) is 20.0. The summed E-state index contributed by atoms with van der Waals surface area (Å²) in [6.07, 6.45) is 0. The highest BCUT2D eigenvalue weighted by Gasteiger charge is 2.29. The van der Waals surface area contributed by atoms with Crippen LogP contribution in [0.3, 0.4) is 0 Å². The molecule has 0 bridgehead atoms. The topological polar surface area (TPSA) is 75.7 Å². The van der Waals surface area contributed by atoms with Gasteiger partial charge in [0.1, 0.15) is 12.3 Å². The molecule has 0 spiro atoms. The smallest absolute Gasteiger partial charge is 0.264 e. The molecular formula is C26H29ClN2O4S2. The molecule has 9 heteroatoms. The van der Waals surface area contributed by atoms with Crippen LogP contribution in [0.1, 0.15) is 16.7 Å². The fourth-order valence-electron chi connectivity index (χ4n) is 3.44. The lowest BCUT2D eigenvalue weighted by molar-refractivity contribution is -0.119. The molecule has 0 atom stereocenters. The lowest BCUT2D eigenvalue weighted by atomic mass is 10.2. The number of nitrogens with one attached hydrogen (secondary N) is 1. The molecule has 3 aromatic rings. The summed E-state index contributed by atoms with van der Waals surface area (Å²) in [5.41, 5.74) is 3.56. The summed E-state index contributed by atoms with van der Waals surface area (Å²) >= 11 is 7.87. The molecule has 0 heterocycles. The highest BCUT2D eigenvalue weighted by molar-refractivity contribution is 7.98. The number of aryl methyl sites for hydroxylation is 2. The quantitative estimate of drug-likeness (QED) is 0.343. The number of amides is 1. The molecule has 35 heavy (non-hydrogen) atoms. The van der Waals surface area contributed by atoms with Gasteiger partial charge in [-0.15, -0.1) is 0 Å². The van der Waals surface area contributed by atoms with E-state index in [0.717, 1.165) is 15.6 Å². The second kappa shape index (κ2) is 12.3. The molecule has 6 nitrogen and oxygen atoms in total. The van der Waals surface area contributed by atoms with Crippen LogP contribution < -0.4 is 14.4 Å². The standard InChI is InChI=1S/C26H29ClN2O4S2/c1-19-7-10-23(11-8-19)35(31,32)29(24-16-22(27)9-12-25(24)33-3)17-26(30)28-13-14-34-18-21-6-4-5-20(2)15-21/h4-12,15-16H,13-14,17-18H2,1-3H3,(H,28,30). The third-order valence-corrected chi connectivity index (χ3v) is 8.26. The lowest BCUT2D eigenvalue weighted by Crippen LogP contribution is -2.41. The fourth-order valence-corrected chi connectivity index (χ4v) is 5.83. The van der Waals surface area contributed by atoms with Crippen LogP contribution >= 0.6 is 23.4 Å². The zero-order chi connectivity index (χ0) is 25.4. The van der Waals surface area contributed by atoms with Gasteiger partial charge in [-0.1, -0.05) is 59.1 Å². The van der Waals surface area contributed by atoms with E-state index >= 15 is 0 Å². The van der Waals surface area contributed by atoms with Gasteiger partial charge in [-0.3, -0.25) is 9.10 Å². The summed E-state index contributed by atoms with van der Waals surface area (Å²) in [6.45, 7) is 3.94. The molecule has 1 amide bonds. The average Bonchev–Trinajstić information content (AvgIpc) is 2.82. The highest BCUT2D eigenvalue weighted by atomic mass is 35.5. The van der Waals surface area contributed by atoms with E-state index in [-0.39, 0.29) is 10.6 Å². The van der Waals surface area contributed by atoms with Crippen LogP contribution in [0.4, 0.5) is 5.69 Å². The third kappa shape index (κ3) is 7.40. The molecule has 0 unspecified atom stereocenters. The van der Waals surface area contributed by atoms with Crippen molar-refractivity contribution in [2.45, 2.75) is 24.5 Å². The number of carbonyl (C=O) groups excluding carboxylic acids is 1. The Bertz CT molecular complexity index is 1260. The summed E-state index contributed by atoms with van der Waals surface area (Å²) < 4.78 is 33.5. The van der Waals surface area contributed by atoms with Crippen LogP contribution in [0.15, 0.2) is 71.6 Å². The third-order valence-electron chi connectivity index (χ3n) is 5.23. The van der Waals surface area contributed by atoms with Gasteiger partial charge in [-0.25, -0.2) is 8.42 Å². The van der Waals surface area contributed by atoms with E-state index in [0.29, 0.717) is 23.1 Å². The minimum atomic E-state index is -4.06. The van der Waals surface area contributed by atoms with Crippen molar-refractivity contribution >= 4 is 45.0 Å². The summed E-state index contributed by atoms with van der Waals surface area (Å²) in [4.78, 5) is 12.9. The Morgan fingerprint density at radius 1 is 1.03 bits per heavy atom. The van der Waals surface area contributed by atoms with Crippen molar-refractivity contribution in [3.63, 3.8) is 0 Å². The summed E-state index contributed by atoms with van der Waals surface area (Å²) in [5.74, 6) is 1.42. The van der Waals surface area contributed by atoms with E-state index < -0.39 is 22.5 Å². The van der Waals surface area contributed by atoms with E-state index in [1.807, 2.05) is 13.0 Å². The van der Waals surface area contributed by atoms with Gasteiger partial charge in [0.25, 0.3) is 10.0 Å². The van der Waals surface area contributed by atoms with Gasteiger partial charge in [0.15, 0.2) is 0 Å². The molecule has 186 valence electrons. The maximum atomic E-state index is 13.6. The first-order valence-corrected chi connectivity index (χ1v) is 14.0. The van der Waals surface area contributed by atoms with Crippen LogP contribution in [0.25, 0.3) is 0 Å². The lowest BCUT2D eigenvalue weighted by Gasteiger charge is -2.26. The number of benzene rings is 3. The number of methoxy groups -OCH3 is 1. The molecule has 0 saturated heterocycles. The number of hydrogen-bond acceptors (Lipinski definition) is 5. The number of sulfonamides is 1. The molecule has 0 fully saturated rings. The molecule has 3 aromatic carbocycles. The van der Waals surface area contributed by atoms with Gasteiger partial charge in [0, 0.05) is 23.1 Å². The van der Waals surface area contributed by atoms with Gasteiger partial charge in [-0.05, 0) is 49.7 Å². The number of rotatable bonds is 11. The van der Waals surface area contributed by atoms with E-state index in [9.17, 15) is 13.2 Å². The van der Waals surface area contributed by atoms with E-state index in [1.165, 1.54) is 36.4 Å². The van der Waals surface area contributed by atoms with Gasteiger partial charge in [0.05, 0.1) is 17.7 Å². The van der Waals surface area contributed by atoms with Gasteiger partial charge in [-0.2, -0.15) is 11.8 Å². The molecule has 0 saturated carbocycles. The summed E-state index contributed by atoms with van der Waals surface area (Å²) in [5, 5.41) is 3.16. The number of carbonyl (C=O) groups is 1. The van der Waals surface area contributed by atoms with Crippen molar-refractivity contribution in [2.75, 3.05) is 30.3 Å². The second-order valence-corrected chi connectivity index (χ2v) is 11.4. The van der Waals surface area contributed by atoms with Crippen LogP contribution in [0.5, 0.6) is 5.75 Å². The average molecular weight is 533 g/mol.